The molecule has 0 bridgehead atoms. The molecule has 0 aliphatic carbocycles. The molecule has 3 N–H and O–H groups in total. The van der Waals surface area contributed by atoms with Gasteiger partial charge in [-0.05, 0) is 25.5 Å². The third-order valence-electron chi connectivity index (χ3n) is 2.14. The lowest BCUT2D eigenvalue weighted by Crippen LogP contribution is -2.39. The van der Waals surface area contributed by atoms with Gasteiger partial charge in [0.05, 0.1) is 0 Å². The zero-order valence-electron chi connectivity index (χ0n) is 8.01. The third-order valence-corrected chi connectivity index (χ3v) is 2.14. The Hall–Kier alpha value is -1.33. The van der Waals surface area contributed by atoms with Crippen LogP contribution in [0.1, 0.15) is 13.8 Å². The molecule has 1 heterocycles. The fourth-order valence-corrected chi connectivity index (χ4v) is 1.42. The lowest BCUT2D eigenvalue weighted by molar-refractivity contribution is -0.137. The first-order valence-corrected chi connectivity index (χ1v) is 4.21. The van der Waals surface area contributed by atoms with Crippen molar-refractivity contribution >= 4 is 5.97 Å². The Labute approximate surface area is 81.6 Å². The molecule has 1 rings (SSSR count). The van der Waals surface area contributed by atoms with Gasteiger partial charge >= 0.3 is 5.97 Å². The van der Waals surface area contributed by atoms with E-state index in [1.54, 1.807) is 6.92 Å². The molecule has 1 aliphatic heterocycles. The van der Waals surface area contributed by atoms with E-state index in [0.717, 1.165) is 4.90 Å². The van der Waals surface area contributed by atoms with Crippen LogP contribution in [0.15, 0.2) is 23.4 Å². The van der Waals surface area contributed by atoms with Gasteiger partial charge in [-0.3, -0.25) is 0 Å². The molecule has 2 atom stereocenters. The predicted octanol–water partition coefficient (Wildman–Crippen LogP) is -0.127. The van der Waals surface area contributed by atoms with Crippen molar-refractivity contribution in [1.29, 1.82) is 0 Å². The highest BCUT2D eigenvalue weighted by Gasteiger charge is 2.33. The van der Waals surface area contributed by atoms with Gasteiger partial charge in [-0.2, -0.15) is 0 Å². The summed E-state index contributed by atoms with van der Waals surface area (Å²) in [6.45, 7) is 3.17. The van der Waals surface area contributed by atoms with E-state index in [1.165, 1.54) is 19.1 Å². The number of nitrogens with zero attached hydrogens (tertiary/aromatic N) is 1. The highest BCUT2D eigenvalue weighted by Crippen LogP contribution is 2.24. The molecule has 0 aromatic carbocycles. The van der Waals surface area contributed by atoms with Crippen molar-refractivity contribution in [2.24, 2.45) is 0 Å². The van der Waals surface area contributed by atoms with E-state index in [-0.39, 0.29) is 5.70 Å². The summed E-state index contributed by atoms with van der Waals surface area (Å²) >= 11 is 0. The van der Waals surface area contributed by atoms with Gasteiger partial charge in [-0.1, -0.05) is 6.08 Å². The SMILES string of the molecule is C/C=C(/C(=O)O)N1C(O)C=C(C)C1O. The lowest BCUT2D eigenvalue weighted by atomic mass is 10.3. The molecular weight excluding hydrogens is 186 g/mol. The number of rotatable bonds is 2. The molecule has 5 heteroatoms. The first kappa shape index (κ1) is 10.7. The van der Waals surface area contributed by atoms with E-state index < -0.39 is 18.4 Å². The summed E-state index contributed by atoms with van der Waals surface area (Å²) in [5, 5.41) is 27.8. The summed E-state index contributed by atoms with van der Waals surface area (Å²) in [5.74, 6) is -1.17. The quantitative estimate of drug-likeness (QED) is 0.426. The van der Waals surface area contributed by atoms with E-state index in [0.29, 0.717) is 5.57 Å². The van der Waals surface area contributed by atoms with E-state index in [4.69, 9.17) is 5.11 Å². The van der Waals surface area contributed by atoms with E-state index in [2.05, 4.69) is 0 Å². The van der Waals surface area contributed by atoms with Gasteiger partial charge in [-0.15, -0.1) is 0 Å². The second kappa shape index (κ2) is 3.81. The summed E-state index contributed by atoms with van der Waals surface area (Å²) in [7, 11) is 0. The Kier molecular flexibility index (Phi) is 2.93. The maximum atomic E-state index is 10.8. The van der Waals surface area contributed by atoms with Crippen LogP contribution in [0.5, 0.6) is 0 Å². The van der Waals surface area contributed by atoms with Crippen LogP contribution < -0.4 is 0 Å². The van der Waals surface area contributed by atoms with Crippen LogP contribution in [0.4, 0.5) is 0 Å². The van der Waals surface area contributed by atoms with E-state index >= 15 is 0 Å². The third kappa shape index (κ3) is 1.64. The zero-order valence-corrected chi connectivity index (χ0v) is 8.01. The molecule has 0 radical (unpaired) electrons. The topological polar surface area (TPSA) is 81.0 Å². The Morgan fingerprint density at radius 1 is 1.57 bits per heavy atom. The predicted molar refractivity (Wildman–Crippen MR) is 49.0 cm³/mol. The van der Waals surface area contributed by atoms with Crippen molar-refractivity contribution in [3.8, 4) is 0 Å². The molecule has 0 spiro atoms. The number of hydrogen-bond donors (Lipinski definition) is 3. The molecule has 0 aromatic rings. The van der Waals surface area contributed by atoms with E-state index in [1.807, 2.05) is 0 Å². The molecule has 0 saturated carbocycles. The minimum Gasteiger partial charge on any atom is -0.477 e. The van der Waals surface area contributed by atoms with Crippen LogP contribution in [0.2, 0.25) is 0 Å². The summed E-state index contributed by atoms with van der Waals surface area (Å²) in [5.41, 5.74) is 0.427. The lowest BCUT2D eigenvalue weighted by Gasteiger charge is -2.27. The van der Waals surface area contributed by atoms with Crippen LogP contribution in [-0.2, 0) is 4.79 Å². The normalized spacial score (nSPS) is 27.9. The standard InChI is InChI=1S/C9H13NO4/c1-3-6(9(13)14)10-7(11)4-5(2)8(10)12/h3-4,7-8,11-12H,1-2H3,(H,13,14)/b6-3-. The van der Waals surface area contributed by atoms with Gasteiger partial charge in [0.1, 0.15) is 11.9 Å². The molecular formula is C9H13NO4. The van der Waals surface area contributed by atoms with Gasteiger partial charge in [0, 0.05) is 0 Å². The van der Waals surface area contributed by atoms with Gasteiger partial charge in [0.2, 0.25) is 0 Å². The molecule has 5 nitrogen and oxygen atoms in total. The largest absolute Gasteiger partial charge is 0.477 e. The average molecular weight is 199 g/mol. The number of carbonyl (C=O) groups is 1. The van der Waals surface area contributed by atoms with Crippen molar-refractivity contribution in [1.82, 2.24) is 4.90 Å². The number of aliphatic hydroxyl groups excluding tert-OH is 2. The summed E-state index contributed by atoms with van der Waals surface area (Å²) < 4.78 is 0. The first-order valence-electron chi connectivity index (χ1n) is 4.21. The Balaban J connectivity index is 2.96. The van der Waals surface area contributed by atoms with Gasteiger partial charge in [0.25, 0.3) is 0 Å². The number of aliphatic hydroxyl groups is 2. The van der Waals surface area contributed by atoms with Crippen LogP contribution in [0, 0.1) is 0 Å². The van der Waals surface area contributed by atoms with Crippen molar-refractivity contribution < 1.29 is 20.1 Å². The Morgan fingerprint density at radius 2 is 2.14 bits per heavy atom. The summed E-state index contributed by atoms with van der Waals surface area (Å²) in [6, 6.07) is 0. The molecule has 0 fully saturated rings. The number of carboxylic acid groups (broad SMARTS) is 1. The number of hydrogen-bond acceptors (Lipinski definition) is 4. The van der Waals surface area contributed by atoms with Crippen LogP contribution in [0.3, 0.4) is 0 Å². The van der Waals surface area contributed by atoms with Gasteiger partial charge in [0.15, 0.2) is 6.23 Å². The molecule has 14 heavy (non-hydrogen) atoms. The second-order valence-corrected chi connectivity index (χ2v) is 3.08. The molecule has 0 saturated heterocycles. The van der Waals surface area contributed by atoms with Gasteiger partial charge < -0.3 is 20.2 Å². The minimum absolute atomic E-state index is 0.113. The summed E-state index contributed by atoms with van der Waals surface area (Å²) in [4.78, 5) is 11.8. The van der Waals surface area contributed by atoms with Crippen molar-refractivity contribution in [2.75, 3.05) is 0 Å². The average Bonchev–Trinajstić information content (AvgIpc) is 2.32. The van der Waals surface area contributed by atoms with Crippen molar-refractivity contribution in [2.45, 2.75) is 26.3 Å². The fourth-order valence-electron chi connectivity index (χ4n) is 1.42. The highest BCUT2D eigenvalue weighted by atomic mass is 16.4. The first-order chi connectivity index (χ1) is 6.49. The van der Waals surface area contributed by atoms with Crippen molar-refractivity contribution in [3.63, 3.8) is 0 Å². The maximum Gasteiger partial charge on any atom is 0.351 e. The number of carboxylic acids is 1. The second-order valence-electron chi connectivity index (χ2n) is 3.08. The van der Waals surface area contributed by atoms with Crippen molar-refractivity contribution in [3.05, 3.63) is 23.4 Å². The maximum absolute atomic E-state index is 10.8. The molecule has 2 unspecified atom stereocenters. The van der Waals surface area contributed by atoms with Crippen LogP contribution in [0.25, 0.3) is 0 Å². The zero-order chi connectivity index (χ0) is 10.9. The number of aliphatic carboxylic acids is 1. The van der Waals surface area contributed by atoms with Crippen LogP contribution in [-0.4, -0.2) is 38.6 Å². The molecule has 0 aromatic heterocycles. The van der Waals surface area contributed by atoms with Crippen LogP contribution >= 0.6 is 0 Å². The molecule has 78 valence electrons. The minimum atomic E-state index is -1.17. The highest BCUT2D eigenvalue weighted by molar-refractivity contribution is 5.86. The molecule has 1 aliphatic rings. The fraction of sp³-hybridized carbons (Fsp3) is 0.444. The van der Waals surface area contributed by atoms with Gasteiger partial charge in [-0.25, -0.2) is 4.79 Å². The summed E-state index contributed by atoms with van der Waals surface area (Å²) in [6.07, 6.45) is 0.609. The Morgan fingerprint density at radius 3 is 2.43 bits per heavy atom. The monoisotopic (exact) mass is 199 g/mol. The molecule has 0 amide bonds. The smallest absolute Gasteiger partial charge is 0.351 e. The number of allylic oxidation sites excluding steroid dienone is 1. The Bertz CT molecular complexity index is 308. The van der Waals surface area contributed by atoms with E-state index in [9.17, 15) is 15.0 Å².